The van der Waals surface area contributed by atoms with Gasteiger partial charge in [0, 0.05) is 32.2 Å². The largest absolute Gasteiger partial charge is 0.303 e. The van der Waals surface area contributed by atoms with E-state index in [1.54, 1.807) is 0 Å². The molecule has 1 unspecified atom stereocenters. The van der Waals surface area contributed by atoms with Gasteiger partial charge < -0.3 is 4.90 Å². The van der Waals surface area contributed by atoms with Gasteiger partial charge in [-0.1, -0.05) is 43.2 Å². The molecule has 1 aromatic carbocycles. The monoisotopic (exact) mass is 304 g/mol. The number of piperazine rings is 1. The molecule has 0 spiro atoms. The summed E-state index contributed by atoms with van der Waals surface area (Å²) in [5, 5.41) is 0. The van der Waals surface area contributed by atoms with Gasteiger partial charge in [-0.15, -0.1) is 0 Å². The van der Waals surface area contributed by atoms with Crippen molar-refractivity contribution in [3.63, 3.8) is 0 Å². The first-order chi connectivity index (χ1) is 10.2. The third-order valence-electron chi connectivity index (χ3n) is 5.42. The molecule has 1 aromatic rings. The smallest absolute Gasteiger partial charge is 0.0475 e. The van der Waals surface area contributed by atoms with Gasteiger partial charge in [-0.3, -0.25) is 4.90 Å². The van der Waals surface area contributed by atoms with Crippen molar-refractivity contribution in [2.24, 2.45) is 5.41 Å². The van der Waals surface area contributed by atoms with Gasteiger partial charge in [0.05, 0.1) is 0 Å². The minimum atomic E-state index is 0.464. The van der Waals surface area contributed by atoms with Crippen LogP contribution in [0.2, 0.25) is 0 Å². The van der Waals surface area contributed by atoms with Gasteiger partial charge in [0.2, 0.25) is 0 Å². The molecular weight excluding hydrogens is 276 g/mol. The quantitative estimate of drug-likeness (QED) is 0.851. The Morgan fingerprint density at radius 3 is 2.52 bits per heavy atom. The van der Waals surface area contributed by atoms with E-state index in [0.717, 1.165) is 12.3 Å². The Morgan fingerprint density at radius 2 is 1.86 bits per heavy atom. The molecule has 0 N–H and O–H groups in total. The van der Waals surface area contributed by atoms with Crippen LogP contribution in [-0.2, 0) is 0 Å². The second-order valence-corrected chi connectivity index (χ2v) is 7.34. The summed E-state index contributed by atoms with van der Waals surface area (Å²) in [4.78, 5) is 5.20. The molecule has 1 aliphatic carbocycles. The summed E-state index contributed by atoms with van der Waals surface area (Å²) in [6.45, 7) is 4.74. The zero-order chi connectivity index (χ0) is 14.7. The first kappa shape index (κ1) is 15.4. The Balaban J connectivity index is 1.78. The van der Waals surface area contributed by atoms with Gasteiger partial charge in [0.15, 0.2) is 0 Å². The van der Waals surface area contributed by atoms with E-state index in [4.69, 9.17) is 12.6 Å². The third-order valence-corrected chi connectivity index (χ3v) is 6.09. The molecule has 0 bridgehead atoms. The van der Waals surface area contributed by atoms with Crippen molar-refractivity contribution >= 4 is 12.6 Å². The maximum Gasteiger partial charge on any atom is 0.0475 e. The van der Waals surface area contributed by atoms with E-state index < -0.39 is 0 Å². The highest BCUT2D eigenvalue weighted by Gasteiger charge is 2.37. The molecule has 1 aliphatic heterocycles. The van der Waals surface area contributed by atoms with E-state index in [9.17, 15) is 0 Å². The van der Waals surface area contributed by atoms with Gasteiger partial charge in [0.25, 0.3) is 0 Å². The molecule has 3 rings (SSSR count). The van der Waals surface area contributed by atoms with Crippen molar-refractivity contribution in [2.45, 2.75) is 31.7 Å². The highest BCUT2D eigenvalue weighted by molar-refractivity contribution is 7.80. The maximum absolute atomic E-state index is 4.70. The lowest BCUT2D eigenvalue weighted by Gasteiger charge is -2.44. The average Bonchev–Trinajstić information content (AvgIpc) is 2.99. The van der Waals surface area contributed by atoms with E-state index in [0.29, 0.717) is 11.5 Å². The Bertz CT molecular complexity index is 442. The molecule has 2 aliphatic rings. The normalized spacial score (nSPS) is 27.0. The number of hydrogen-bond donors (Lipinski definition) is 1. The Morgan fingerprint density at radius 1 is 1.14 bits per heavy atom. The van der Waals surface area contributed by atoms with Crippen molar-refractivity contribution in [3.05, 3.63) is 35.9 Å². The van der Waals surface area contributed by atoms with Crippen LogP contribution in [0.1, 0.15) is 37.3 Å². The van der Waals surface area contributed by atoms with Crippen LogP contribution in [0, 0.1) is 5.41 Å². The van der Waals surface area contributed by atoms with E-state index in [1.165, 1.54) is 50.9 Å². The first-order valence-corrected chi connectivity index (χ1v) is 8.94. The Hall–Kier alpha value is -0.510. The van der Waals surface area contributed by atoms with Crippen LogP contribution in [-0.4, -0.2) is 48.8 Å². The molecule has 1 saturated heterocycles. The lowest BCUT2D eigenvalue weighted by molar-refractivity contribution is 0.0543. The molecule has 116 valence electrons. The number of benzene rings is 1. The summed E-state index contributed by atoms with van der Waals surface area (Å²) in [5.74, 6) is 1.04. The zero-order valence-electron chi connectivity index (χ0n) is 13.2. The van der Waals surface area contributed by atoms with Gasteiger partial charge in [-0.25, -0.2) is 0 Å². The average molecular weight is 305 g/mol. The predicted molar refractivity (Wildman–Crippen MR) is 93.0 cm³/mol. The lowest BCUT2D eigenvalue weighted by atomic mass is 9.86. The minimum Gasteiger partial charge on any atom is -0.303 e. The van der Waals surface area contributed by atoms with E-state index in [1.807, 2.05) is 0 Å². The molecule has 21 heavy (non-hydrogen) atoms. The Kier molecular flexibility index (Phi) is 4.92. The van der Waals surface area contributed by atoms with Gasteiger partial charge in [-0.2, -0.15) is 12.6 Å². The summed E-state index contributed by atoms with van der Waals surface area (Å²) < 4.78 is 0. The predicted octanol–water partition coefficient (Wildman–Crippen LogP) is 3.47. The van der Waals surface area contributed by atoms with Crippen LogP contribution in [0.4, 0.5) is 0 Å². The first-order valence-electron chi connectivity index (χ1n) is 8.31. The summed E-state index contributed by atoms with van der Waals surface area (Å²) in [6, 6.07) is 11.6. The molecule has 3 heteroatoms. The van der Waals surface area contributed by atoms with Crippen molar-refractivity contribution in [1.29, 1.82) is 0 Å². The molecule has 2 fully saturated rings. The zero-order valence-corrected chi connectivity index (χ0v) is 14.1. The molecule has 2 nitrogen and oxygen atoms in total. The van der Waals surface area contributed by atoms with Crippen molar-refractivity contribution in [2.75, 3.05) is 39.0 Å². The number of hydrogen-bond acceptors (Lipinski definition) is 3. The van der Waals surface area contributed by atoms with Crippen LogP contribution in [0.15, 0.2) is 30.3 Å². The Labute approximate surface area is 134 Å². The maximum atomic E-state index is 4.70. The van der Waals surface area contributed by atoms with Crippen LogP contribution >= 0.6 is 12.6 Å². The second kappa shape index (κ2) is 6.72. The summed E-state index contributed by atoms with van der Waals surface area (Å²) in [7, 11) is 2.25. The van der Waals surface area contributed by atoms with Crippen molar-refractivity contribution in [3.8, 4) is 0 Å². The molecule has 0 amide bonds. The molecule has 0 aromatic heterocycles. The molecule has 0 radical (unpaired) electrons. The van der Waals surface area contributed by atoms with E-state index >= 15 is 0 Å². The van der Waals surface area contributed by atoms with E-state index in [2.05, 4.69) is 47.2 Å². The fraction of sp³-hybridized carbons (Fsp3) is 0.667. The van der Waals surface area contributed by atoms with Crippen molar-refractivity contribution < 1.29 is 0 Å². The lowest BCUT2D eigenvalue weighted by Crippen LogP contribution is -2.50. The van der Waals surface area contributed by atoms with Gasteiger partial charge in [-0.05, 0) is 36.6 Å². The standard InChI is InChI=1S/C18H28N2S/c1-19-11-12-20(14-18(15-21)9-5-6-10-18)17(13-19)16-7-3-2-4-8-16/h2-4,7-8,17,21H,5-6,9-15H2,1H3. The highest BCUT2D eigenvalue weighted by atomic mass is 32.1. The summed E-state index contributed by atoms with van der Waals surface area (Å²) >= 11 is 4.70. The summed E-state index contributed by atoms with van der Waals surface area (Å²) in [6.07, 6.45) is 5.52. The molecule has 1 saturated carbocycles. The molecule has 1 atom stereocenters. The van der Waals surface area contributed by atoms with Crippen LogP contribution in [0.3, 0.4) is 0 Å². The number of thiol groups is 1. The summed E-state index contributed by atoms with van der Waals surface area (Å²) in [5.41, 5.74) is 1.93. The fourth-order valence-electron chi connectivity index (χ4n) is 4.06. The third kappa shape index (κ3) is 3.46. The molecule has 1 heterocycles. The number of nitrogens with zero attached hydrogens (tertiary/aromatic N) is 2. The minimum absolute atomic E-state index is 0.464. The number of rotatable bonds is 4. The van der Waals surface area contributed by atoms with Crippen LogP contribution < -0.4 is 0 Å². The topological polar surface area (TPSA) is 6.48 Å². The van der Waals surface area contributed by atoms with E-state index in [-0.39, 0.29) is 0 Å². The van der Waals surface area contributed by atoms with Crippen molar-refractivity contribution in [1.82, 2.24) is 9.80 Å². The van der Waals surface area contributed by atoms with Gasteiger partial charge >= 0.3 is 0 Å². The van der Waals surface area contributed by atoms with Crippen LogP contribution in [0.5, 0.6) is 0 Å². The highest BCUT2D eigenvalue weighted by Crippen LogP contribution is 2.41. The molecular formula is C18H28N2S. The number of likely N-dealkylation sites (N-methyl/N-ethyl adjacent to an activating group) is 1. The fourth-order valence-corrected chi connectivity index (χ4v) is 4.48. The van der Waals surface area contributed by atoms with Gasteiger partial charge in [0.1, 0.15) is 0 Å². The SMILES string of the molecule is CN1CCN(CC2(CS)CCCC2)C(c2ccccc2)C1. The second-order valence-electron chi connectivity index (χ2n) is 7.02. The van der Waals surface area contributed by atoms with Crippen LogP contribution in [0.25, 0.3) is 0 Å².